The molecule has 1 heterocycles. The van der Waals surface area contributed by atoms with Gasteiger partial charge in [-0.15, -0.1) is 0 Å². The maximum Gasteiger partial charge on any atom is 0.419 e. The molecule has 2 amide bonds. The average Bonchev–Trinajstić information content (AvgIpc) is 3.12. The number of likely N-dealkylation sites (N-methyl/N-ethyl adjacent to an activating group) is 1. The number of hydrogen-bond donors (Lipinski definition) is 1. The minimum absolute atomic E-state index is 0.0359. The molecule has 3 rings (SSSR count). The van der Waals surface area contributed by atoms with Gasteiger partial charge in [-0.1, -0.05) is 30.3 Å². The Morgan fingerprint density at radius 2 is 1.93 bits per heavy atom. The van der Waals surface area contributed by atoms with Gasteiger partial charge in [-0.2, -0.15) is 13.2 Å². The summed E-state index contributed by atoms with van der Waals surface area (Å²) in [4.78, 5) is 16.5. The normalized spacial score (nSPS) is 17.3. The van der Waals surface area contributed by atoms with Crippen LogP contribution < -0.4 is 5.32 Å². The van der Waals surface area contributed by atoms with Crippen LogP contribution in [0.5, 0.6) is 0 Å². The molecule has 4 nitrogen and oxygen atoms in total. The lowest BCUT2D eigenvalue weighted by Gasteiger charge is -2.28. The topological polar surface area (TPSA) is 35.6 Å². The smallest absolute Gasteiger partial charge is 0.320 e. The van der Waals surface area contributed by atoms with Gasteiger partial charge in [0.1, 0.15) is 5.82 Å². The van der Waals surface area contributed by atoms with Gasteiger partial charge in [0.25, 0.3) is 0 Å². The maximum absolute atomic E-state index is 13.4. The van der Waals surface area contributed by atoms with Gasteiger partial charge < -0.3 is 10.2 Å². The molecule has 0 saturated carbocycles. The summed E-state index contributed by atoms with van der Waals surface area (Å²) in [6.07, 6.45) is -4.04. The van der Waals surface area contributed by atoms with Crippen LogP contribution in [0.2, 0.25) is 0 Å². The van der Waals surface area contributed by atoms with E-state index in [0.29, 0.717) is 25.2 Å². The molecule has 0 spiro atoms. The van der Waals surface area contributed by atoms with E-state index in [1.807, 2.05) is 37.3 Å². The van der Waals surface area contributed by atoms with Crippen molar-refractivity contribution in [3.63, 3.8) is 0 Å². The second-order valence-corrected chi connectivity index (χ2v) is 7.07. The van der Waals surface area contributed by atoms with Crippen LogP contribution in [0, 0.1) is 5.82 Å². The van der Waals surface area contributed by atoms with Gasteiger partial charge in [-0.3, -0.25) is 4.90 Å². The number of anilines is 1. The largest absolute Gasteiger partial charge is 0.419 e. The fourth-order valence-electron chi connectivity index (χ4n) is 3.64. The van der Waals surface area contributed by atoms with E-state index >= 15 is 0 Å². The molecule has 2 aromatic carbocycles. The molecule has 8 heteroatoms. The van der Waals surface area contributed by atoms with E-state index < -0.39 is 23.6 Å². The quantitative estimate of drug-likeness (QED) is 0.708. The van der Waals surface area contributed by atoms with Crippen LogP contribution in [0.1, 0.15) is 24.5 Å². The summed E-state index contributed by atoms with van der Waals surface area (Å²) in [5.74, 6) is -1.37. The summed E-state index contributed by atoms with van der Waals surface area (Å²) in [6.45, 7) is 4.54. The fourth-order valence-corrected chi connectivity index (χ4v) is 3.64. The Morgan fingerprint density at radius 3 is 2.59 bits per heavy atom. The van der Waals surface area contributed by atoms with Gasteiger partial charge in [0.05, 0.1) is 5.56 Å². The lowest BCUT2D eigenvalue weighted by atomic mass is 10.2. The second-order valence-electron chi connectivity index (χ2n) is 7.07. The number of likely N-dealkylation sites (tertiary alicyclic amines) is 1. The summed E-state index contributed by atoms with van der Waals surface area (Å²) in [5, 5.41) is 2.48. The maximum atomic E-state index is 13.4. The van der Waals surface area contributed by atoms with Crippen molar-refractivity contribution in [2.75, 3.05) is 25.0 Å². The van der Waals surface area contributed by atoms with Gasteiger partial charge in [0.2, 0.25) is 0 Å². The highest BCUT2D eigenvalue weighted by Gasteiger charge is 2.35. The molecule has 0 bridgehead atoms. The van der Waals surface area contributed by atoms with Gasteiger partial charge in [-0.05, 0) is 37.1 Å². The van der Waals surface area contributed by atoms with Crippen LogP contribution >= 0.6 is 0 Å². The highest BCUT2D eigenvalue weighted by atomic mass is 19.4. The molecular weight excluding hydrogens is 386 g/mol. The molecule has 1 aliphatic heterocycles. The third-order valence-electron chi connectivity index (χ3n) is 5.06. The summed E-state index contributed by atoms with van der Waals surface area (Å²) in [5.41, 5.74) is -0.291. The molecule has 1 saturated heterocycles. The average molecular weight is 409 g/mol. The van der Waals surface area contributed by atoms with Crippen molar-refractivity contribution >= 4 is 11.7 Å². The first-order chi connectivity index (χ1) is 13.8. The number of alkyl halides is 3. The minimum Gasteiger partial charge on any atom is -0.320 e. The summed E-state index contributed by atoms with van der Waals surface area (Å²) < 4.78 is 52.1. The molecule has 1 N–H and O–H groups in total. The number of hydrogen-bond acceptors (Lipinski definition) is 2. The fraction of sp³-hybridized carbons (Fsp3) is 0.381. The molecule has 1 aliphatic rings. The standard InChI is InChI=1S/C21H23F4N3O/c1-2-28(17-10-11-27(14-17)13-15-6-4-3-5-7-15)20(29)26-16-8-9-19(22)18(12-16)21(23,24)25/h3-9,12,17H,2,10-11,13-14H2,1H3,(H,26,29). The predicted molar refractivity (Wildman–Crippen MR) is 103 cm³/mol. The van der Waals surface area contributed by atoms with E-state index in [4.69, 9.17) is 0 Å². The molecule has 2 aromatic rings. The Bertz CT molecular complexity index is 842. The number of benzene rings is 2. The highest BCUT2D eigenvalue weighted by Crippen LogP contribution is 2.33. The Balaban J connectivity index is 1.64. The Kier molecular flexibility index (Phi) is 6.42. The van der Waals surface area contributed by atoms with E-state index in [1.54, 1.807) is 4.90 Å². The first-order valence-corrected chi connectivity index (χ1v) is 9.48. The molecule has 1 atom stereocenters. The van der Waals surface area contributed by atoms with Crippen LogP contribution in [0.15, 0.2) is 48.5 Å². The number of carbonyl (C=O) groups is 1. The van der Waals surface area contributed by atoms with Crippen molar-refractivity contribution in [1.29, 1.82) is 0 Å². The van der Waals surface area contributed by atoms with Crippen LogP contribution in [-0.2, 0) is 12.7 Å². The van der Waals surface area contributed by atoms with Gasteiger partial charge >= 0.3 is 12.2 Å². The third-order valence-corrected chi connectivity index (χ3v) is 5.06. The number of amides is 2. The van der Waals surface area contributed by atoms with Crippen molar-refractivity contribution in [3.8, 4) is 0 Å². The van der Waals surface area contributed by atoms with Crippen molar-refractivity contribution in [2.24, 2.45) is 0 Å². The van der Waals surface area contributed by atoms with Gasteiger partial charge in [0, 0.05) is 37.9 Å². The third kappa shape index (κ3) is 5.26. The zero-order valence-corrected chi connectivity index (χ0v) is 16.0. The number of rotatable bonds is 5. The summed E-state index contributed by atoms with van der Waals surface area (Å²) in [6, 6.07) is 12.0. The SMILES string of the molecule is CCN(C(=O)Nc1ccc(F)c(C(F)(F)F)c1)C1CCN(Cc2ccccc2)C1. The Labute approximate surface area is 167 Å². The van der Waals surface area contributed by atoms with Crippen molar-refractivity contribution < 1.29 is 22.4 Å². The first kappa shape index (κ1) is 21.1. The zero-order valence-electron chi connectivity index (χ0n) is 16.0. The summed E-state index contributed by atoms with van der Waals surface area (Å²) in [7, 11) is 0. The van der Waals surface area contributed by atoms with E-state index in [1.165, 1.54) is 5.56 Å². The molecule has 0 aromatic heterocycles. The zero-order chi connectivity index (χ0) is 21.0. The first-order valence-electron chi connectivity index (χ1n) is 9.48. The molecular formula is C21H23F4N3O. The van der Waals surface area contributed by atoms with Crippen molar-refractivity contribution in [1.82, 2.24) is 9.80 Å². The van der Waals surface area contributed by atoms with Crippen LogP contribution in [-0.4, -0.2) is 41.5 Å². The number of nitrogens with zero attached hydrogens (tertiary/aromatic N) is 2. The lowest BCUT2D eigenvalue weighted by Crippen LogP contribution is -2.44. The molecule has 156 valence electrons. The van der Waals surface area contributed by atoms with Crippen LogP contribution in [0.3, 0.4) is 0 Å². The van der Waals surface area contributed by atoms with E-state index in [-0.39, 0.29) is 11.7 Å². The van der Waals surface area contributed by atoms with Crippen molar-refractivity contribution in [3.05, 3.63) is 65.5 Å². The van der Waals surface area contributed by atoms with E-state index in [0.717, 1.165) is 25.6 Å². The van der Waals surface area contributed by atoms with Crippen LogP contribution in [0.25, 0.3) is 0 Å². The van der Waals surface area contributed by atoms with Gasteiger partial charge in [0.15, 0.2) is 0 Å². The molecule has 0 radical (unpaired) electrons. The highest BCUT2D eigenvalue weighted by molar-refractivity contribution is 5.89. The van der Waals surface area contributed by atoms with E-state index in [2.05, 4.69) is 10.2 Å². The molecule has 29 heavy (non-hydrogen) atoms. The Morgan fingerprint density at radius 1 is 1.21 bits per heavy atom. The second kappa shape index (κ2) is 8.82. The van der Waals surface area contributed by atoms with E-state index in [9.17, 15) is 22.4 Å². The molecule has 0 aliphatic carbocycles. The number of halogens is 4. The lowest BCUT2D eigenvalue weighted by molar-refractivity contribution is -0.139. The number of urea groups is 1. The predicted octanol–water partition coefficient (Wildman–Crippen LogP) is 4.97. The minimum atomic E-state index is -4.82. The number of nitrogens with one attached hydrogen (secondary N) is 1. The summed E-state index contributed by atoms with van der Waals surface area (Å²) >= 11 is 0. The molecule has 1 unspecified atom stereocenters. The van der Waals surface area contributed by atoms with Crippen molar-refractivity contribution in [2.45, 2.75) is 32.1 Å². The number of carbonyl (C=O) groups excluding carboxylic acids is 1. The Hall–Kier alpha value is -2.61. The molecule has 1 fully saturated rings. The van der Waals surface area contributed by atoms with Gasteiger partial charge in [-0.25, -0.2) is 9.18 Å². The van der Waals surface area contributed by atoms with Crippen LogP contribution in [0.4, 0.5) is 28.0 Å². The monoisotopic (exact) mass is 409 g/mol.